The van der Waals surface area contributed by atoms with Crippen LogP contribution in [0, 0.1) is 5.92 Å². The van der Waals surface area contributed by atoms with Crippen molar-refractivity contribution in [1.82, 2.24) is 0 Å². The van der Waals surface area contributed by atoms with Crippen LogP contribution < -0.4 is 0 Å². The van der Waals surface area contributed by atoms with E-state index in [4.69, 9.17) is 0 Å². The predicted octanol–water partition coefficient (Wildman–Crippen LogP) is 1.13. The van der Waals surface area contributed by atoms with Gasteiger partial charge in [0.2, 0.25) is 0 Å². The Morgan fingerprint density at radius 3 is 2.92 bits per heavy atom. The van der Waals surface area contributed by atoms with E-state index in [2.05, 4.69) is 4.74 Å². The topological polar surface area (TPSA) is 43.4 Å². The highest BCUT2D eigenvalue weighted by Gasteiger charge is 2.41. The van der Waals surface area contributed by atoms with E-state index in [1.165, 1.54) is 0 Å². The number of cyclic esters (lactones) is 2. The van der Waals surface area contributed by atoms with Crippen LogP contribution in [-0.4, -0.2) is 11.9 Å². The molecule has 1 saturated heterocycles. The summed E-state index contributed by atoms with van der Waals surface area (Å²) in [4.78, 5) is 22.3. The summed E-state index contributed by atoms with van der Waals surface area (Å²) in [5, 5.41) is 0. The maximum absolute atomic E-state index is 11.2. The zero-order chi connectivity index (χ0) is 9.42. The van der Waals surface area contributed by atoms with E-state index >= 15 is 0 Å². The lowest BCUT2D eigenvalue weighted by Crippen LogP contribution is -2.12. The van der Waals surface area contributed by atoms with Crippen molar-refractivity contribution in [3.8, 4) is 0 Å². The van der Waals surface area contributed by atoms with Crippen LogP contribution in [0.1, 0.15) is 6.92 Å². The predicted molar refractivity (Wildman–Crippen MR) is 45.6 cm³/mol. The molecular formula is C10H8O3. The van der Waals surface area contributed by atoms with Gasteiger partial charge in [0.05, 0.1) is 5.57 Å². The van der Waals surface area contributed by atoms with E-state index in [-0.39, 0.29) is 0 Å². The van der Waals surface area contributed by atoms with Gasteiger partial charge in [0, 0.05) is 0 Å². The molecule has 66 valence electrons. The van der Waals surface area contributed by atoms with E-state index in [1.807, 2.05) is 19.1 Å². The molecule has 1 heterocycles. The van der Waals surface area contributed by atoms with Crippen LogP contribution in [0.4, 0.5) is 0 Å². The molecule has 0 aromatic carbocycles. The van der Waals surface area contributed by atoms with Gasteiger partial charge in [0.25, 0.3) is 0 Å². The van der Waals surface area contributed by atoms with E-state index < -0.39 is 17.9 Å². The summed E-state index contributed by atoms with van der Waals surface area (Å²) in [5.74, 6) is -1.46. The van der Waals surface area contributed by atoms with Crippen molar-refractivity contribution in [3.63, 3.8) is 0 Å². The highest BCUT2D eigenvalue weighted by atomic mass is 16.6. The molecule has 1 unspecified atom stereocenters. The van der Waals surface area contributed by atoms with Gasteiger partial charge >= 0.3 is 11.9 Å². The molecule has 1 fully saturated rings. The first kappa shape index (κ1) is 7.98. The van der Waals surface area contributed by atoms with Gasteiger partial charge in [-0.2, -0.15) is 0 Å². The van der Waals surface area contributed by atoms with Crippen LogP contribution in [0.25, 0.3) is 0 Å². The Bertz CT molecular complexity index is 372. The fraction of sp³-hybridized carbons (Fsp3) is 0.200. The highest BCUT2D eigenvalue weighted by molar-refractivity contribution is 6.09. The van der Waals surface area contributed by atoms with Crippen LogP contribution >= 0.6 is 0 Å². The SMILES string of the molecule is CC=C1C=CC=C2C(=O)OC(=O)C12. The lowest BCUT2D eigenvalue weighted by molar-refractivity contribution is -0.152. The molecule has 3 heteroatoms. The molecule has 0 N–H and O–H groups in total. The molecule has 1 atom stereocenters. The van der Waals surface area contributed by atoms with Gasteiger partial charge in [0.1, 0.15) is 5.92 Å². The number of carbonyl (C=O) groups is 2. The fourth-order valence-electron chi connectivity index (χ4n) is 1.56. The lowest BCUT2D eigenvalue weighted by atomic mass is 9.89. The van der Waals surface area contributed by atoms with Gasteiger partial charge in [-0.15, -0.1) is 0 Å². The molecule has 0 saturated carbocycles. The zero-order valence-electron chi connectivity index (χ0n) is 7.11. The maximum Gasteiger partial charge on any atom is 0.342 e. The molecule has 1 aliphatic heterocycles. The molecule has 0 aromatic heterocycles. The second kappa shape index (κ2) is 2.69. The third kappa shape index (κ3) is 1.04. The molecule has 13 heavy (non-hydrogen) atoms. The van der Waals surface area contributed by atoms with Gasteiger partial charge in [0.15, 0.2) is 0 Å². The van der Waals surface area contributed by atoms with Gasteiger partial charge < -0.3 is 4.74 Å². The van der Waals surface area contributed by atoms with E-state index in [0.717, 1.165) is 5.57 Å². The largest absolute Gasteiger partial charge is 0.389 e. The Labute approximate surface area is 75.4 Å². The minimum absolute atomic E-state index is 0.445. The van der Waals surface area contributed by atoms with Gasteiger partial charge in [-0.25, -0.2) is 4.79 Å². The smallest absolute Gasteiger partial charge is 0.342 e. The van der Waals surface area contributed by atoms with Crippen LogP contribution in [0.15, 0.2) is 35.5 Å². The Kier molecular flexibility index (Phi) is 1.65. The zero-order valence-corrected chi connectivity index (χ0v) is 7.11. The van der Waals surface area contributed by atoms with Crippen LogP contribution in [-0.2, 0) is 14.3 Å². The van der Waals surface area contributed by atoms with Gasteiger partial charge in [-0.3, -0.25) is 4.79 Å². The highest BCUT2D eigenvalue weighted by Crippen LogP contribution is 2.32. The summed E-state index contributed by atoms with van der Waals surface area (Å²) in [6.07, 6.45) is 7.01. The van der Waals surface area contributed by atoms with E-state index in [0.29, 0.717) is 5.57 Å². The molecule has 0 spiro atoms. The number of hydrogen-bond donors (Lipinski definition) is 0. The van der Waals surface area contributed by atoms with E-state index in [9.17, 15) is 9.59 Å². The molecular weight excluding hydrogens is 168 g/mol. The number of allylic oxidation sites excluding steroid dienone is 4. The van der Waals surface area contributed by atoms with Crippen molar-refractivity contribution in [2.75, 3.05) is 0 Å². The Morgan fingerprint density at radius 1 is 1.46 bits per heavy atom. The average molecular weight is 176 g/mol. The molecule has 0 bridgehead atoms. The molecule has 0 amide bonds. The quantitative estimate of drug-likeness (QED) is 0.410. The summed E-state index contributed by atoms with van der Waals surface area (Å²) >= 11 is 0. The Balaban J connectivity index is 2.50. The molecule has 0 radical (unpaired) electrons. The van der Waals surface area contributed by atoms with Crippen molar-refractivity contribution in [2.24, 2.45) is 5.92 Å². The standard InChI is InChI=1S/C10H8O3/c1-2-6-4-3-5-7-8(6)10(12)13-9(7)11/h2-5,8H,1H3. The number of hydrogen-bond acceptors (Lipinski definition) is 3. The van der Waals surface area contributed by atoms with Gasteiger partial charge in [-0.1, -0.05) is 24.3 Å². The lowest BCUT2D eigenvalue weighted by Gasteiger charge is -2.10. The minimum Gasteiger partial charge on any atom is -0.389 e. The van der Waals surface area contributed by atoms with Crippen molar-refractivity contribution in [1.29, 1.82) is 0 Å². The molecule has 1 aliphatic carbocycles. The number of esters is 2. The Hall–Kier alpha value is -1.64. The normalized spacial score (nSPS) is 28.8. The minimum atomic E-state index is -0.515. The van der Waals surface area contributed by atoms with E-state index in [1.54, 1.807) is 12.2 Å². The van der Waals surface area contributed by atoms with Crippen molar-refractivity contribution < 1.29 is 14.3 Å². The molecule has 2 aliphatic rings. The summed E-state index contributed by atoms with van der Waals surface area (Å²) in [6, 6.07) is 0. The Morgan fingerprint density at radius 2 is 2.23 bits per heavy atom. The monoisotopic (exact) mass is 176 g/mol. The average Bonchev–Trinajstić information content (AvgIpc) is 2.43. The van der Waals surface area contributed by atoms with Crippen LogP contribution in [0.5, 0.6) is 0 Å². The summed E-state index contributed by atoms with van der Waals surface area (Å²) in [6.45, 7) is 1.83. The van der Waals surface area contributed by atoms with Crippen LogP contribution in [0.3, 0.4) is 0 Å². The number of ether oxygens (including phenoxy) is 1. The van der Waals surface area contributed by atoms with Crippen molar-refractivity contribution in [2.45, 2.75) is 6.92 Å². The first-order valence-electron chi connectivity index (χ1n) is 4.04. The first-order chi connectivity index (χ1) is 6.24. The second-order valence-electron chi connectivity index (χ2n) is 2.91. The number of fused-ring (bicyclic) bond motifs is 1. The summed E-state index contributed by atoms with van der Waals surface area (Å²) < 4.78 is 4.51. The molecule has 3 nitrogen and oxygen atoms in total. The number of carbonyl (C=O) groups excluding carboxylic acids is 2. The third-order valence-corrected chi connectivity index (χ3v) is 2.21. The molecule has 0 aromatic rings. The van der Waals surface area contributed by atoms with Crippen molar-refractivity contribution in [3.05, 3.63) is 35.5 Å². The maximum atomic E-state index is 11.2. The summed E-state index contributed by atoms with van der Waals surface area (Å²) in [5.41, 5.74) is 1.27. The number of rotatable bonds is 0. The second-order valence-corrected chi connectivity index (χ2v) is 2.91. The fourth-order valence-corrected chi connectivity index (χ4v) is 1.56. The summed E-state index contributed by atoms with van der Waals surface area (Å²) in [7, 11) is 0. The van der Waals surface area contributed by atoms with Gasteiger partial charge in [-0.05, 0) is 12.5 Å². The first-order valence-corrected chi connectivity index (χ1v) is 4.04. The van der Waals surface area contributed by atoms with Crippen molar-refractivity contribution >= 4 is 11.9 Å². The van der Waals surface area contributed by atoms with Crippen LogP contribution in [0.2, 0.25) is 0 Å². The third-order valence-electron chi connectivity index (χ3n) is 2.21. The molecule has 2 rings (SSSR count).